The summed E-state index contributed by atoms with van der Waals surface area (Å²) in [5.74, 6) is 0. The fourth-order valence-corrected chi connectivity index (χ4v) is 2.61. The molecule has 0 aromatic heterocycles. The van der Waals surface area contributed by atoms with E-state index in [0.717, 1.165) is 11.8 Å². The summed E-state index contributed by atoms with van der Waals surface area (Å²) in [6, 6.07) is 14.1. The number of rotatable bonds is 4. The van der Waals surface area contributed by atoms with Crippen LogP contribution in [0.3, 0.4) is 0 Å². The second-order valence-electron chi connectivity index (χ2n) is 4.58. The topological polar surface area (TPSA) is 74.6 Å². The molecule has 0 aliphatic carbocycles. The van der Waals surface area contributed by atoms with Crippen LogP contribution in [-0.4, -0.2) is 31.1 Å². The maximum Gasteiger partial charge on any atom is 0.175 e. The highest BCUT2D eigenvalue weighted by molar-refractivity contribution is 7.98. The van der Waals surface area contributed by atoms with E-state index in [9.17, 15) is 8.42 Å². The summed E-state index contributed by atoms with van der Waals surface area (Å²) in [5, 5.41) is 17.4. The first kappa shape index (κ1) is 18.7. The highest BCUT2D eigenvalue weighted by Crippen LogP contribution is 2.14. The van der Waals surface area contributed by atoms with Gasteiger partial charge in [0, 0.05) is 11.2 Å². The van der Waals surface area contributed by atoms with E-state index in [1.807, 2.05) is 30.5 Å². The Hall–Kier alpha value is -1.34. The lowest BCUT2D eigenvalue weighted by Crippen LogP contribution is -1.96. The molecule has 0 atom stereocenters. The first-order valence-corrected chi connectivity index (χ1v) is 9.66. The molecule has 0 amide bonds. The molecule has 0 bridgehead atoms. The lowest BCUT2D eigenvalue weighted by molar-refractivity contribution is 0.281. The van der Waals surface area contributed by atoms with Crippen LogP contribution in [0.2, 0.25) is 0 Å². The Morgan fingerprint density at radius 3 is 1.59 bits per heavy atom. The van der Waals surface area contributed by atoms with E-state index in [1.54, 1.807) is 23.9 Å². The molecule has 0 radical (unpaired) electrons. The Bertz CT molecular complexity index is 639. The van der Waals surface area contributed by atoms with Gasteiger partial charge in [-0.3, -0.25) is 0 Å². The van der Waals surface area contributed by atoms with Gasteiger partial charge in [-0.05, 0) is 41.6 Å². The van der Waals surface area contributed by atoms with Gasteiger partial charge in [0.2, 0.25) is 0 Å². The van der Waals surface area contributed by atoms with Crippen molar-refractivity contribution in [1.29, 1.82) is 0 Å². The highest BCUT2D eigenvalue weighted by atomic mass is 32.2. The maximum absolute atomic E-state index is 11.0. The van der Waals surface area contributed by atoms with E-state index in [-0.39, 0.29) is 18.1 Å². The first-order chi connectivity index (χ1) is 10.4. The van der Waals surface area contributed by atoms with E-state index in [0.29, 0.717) is 5.56 Å². The minimum atomic E-state index is -3.11. The molecule has 6 heteroatoms. The van der Waals surface area contributed by atoms with Gasteiger partial charge in [0.1, 0.15) is 0 Å². The number of benzene rings is 2. The Morgan fingerprint density at radius 1 is 0.864 bits per heavy atom. The molecule has 4 nitrogen and oxygen atoms in total. The minimum absolute atomic E-state index is 0.0654. The van der Waals surface area contributed by atoms with Gasteiger partial charge in [-0.2, -0.15) is 0 Å². The molecular formula is C16H20O4S2. The van der Waals surface area contributed by atoms with Crippen LogP contribution in [0.4, 0.5) is 0 Å². The van der Waals surface area contributed by atoms with E-state index in [2.05, 4.69) is 0 Å². The number of hydrogen-bond acceptors (Lipinski definition) is 5. The van der Waals surface area contributed by atoms with Crippen molar-refractivity contribution in [3.8, 4) is 0 Å². The van der Waals surface area contributed by atoms with Gasteiger partial charge in [0.15, 0.2) is 9.84 Å². The van der Waals surface area contributed by atoms with Crippen molar-refractivity contribution in [1.82, 2.24) is 0 Å². The molecule has 22 heavy (non-hydrogen) atoms. The largest absolute Gasteiger partial charge is 0.392 e. The average molecular weight is 340 g/mol. The third-order valence-electron chi connectivity index (χ3n) is 2.88. The number of sulfone groups is 1. The first-order valence-electron chi connectivity index (χ1n) is 6.54. The summed E-state index contributed by atoms with van der Waals surface area (Å²) in [7, 11) is -3.11. The van der Waals surface area contributed by atoms with Crippen LogP contribution in [0.25, 0.3) is 0 Å². The fourth-order valence-electron chi connectivity index (χ4n) is 1.57. The van der Waals surface area contributed by atoms with E-state index in [1.165, 1.54) is 17.0 Å². The molecular weight excluding hydrogens is 320 g/mol. The molecule has 0 spiro atoms. The van der Waals surface area contributed by atoms with Gasteiger partial charge >= 0.3 is 0 Å². The van der Waals surface area contributed by atoms with Crippen LogP contribution in [-0.2, 0) is 23.1 Å². The van der Waals surface area contributed by atoms with Crippen LogP contribution in [0.5, 0.6) is 0 Å². The second kappa shape index (κ2) is 8.95. The smallest absolute Gasteiger partial charge is 0.175 e. The average Bonchev–Trinajstić information content (AvgIpc) is 2.55. The van der Waals surface area contributed by atoms with Crippen molar-refractivity contribution >= 4 is 21.6 Å². The Balaban J connectivity index is 0.000000224. The second-order valence-corrected chi connectivity index (χ2v) is 7.48. The Morgan fingerprint density at radius 2 is 1.27 bits per heavy atom. The molecule has 2 rings (SSSR count). The zero-order valence-corrected chi connectivity index (χ0v) is 14.2. The zero-order chi connectivity index (χ0) is 16.6. The molecule has 0 heterocycles. The standard InChI is InChI=1S/C8H10O3S.C8H10OS/c1-12(10,11)8-4-2-7(6-9)3-5-8;1-10-8-4-2-7(6-9)3-5-8/h2-5,9H,6H2,1H3;2-5,9H,6H2,1H3. The van der Waals surface area contributed by atoms with E-state index >= 15 is 0 Å². The van der Waals surface area contributed by atoms with Crippen molar-refractivity contribution in [2.45, 2.75) is 23.0 Å². The fraction of sp³-hybridized carbons (Fsp3) is 0.250. The number of aliphatic hydroxyl groups is 2. The molecule has 2 N–H and O–H groups in total. The Labute approximate surface area is 135 Å². The molecule has 0 unspecified atom stereocenters. The molecule has 0 aliphatic heterocycles. The summed E-state index contributed by atoms with van der Waals surface area (Å²) in [5.41, 5.74) is 1.68. The highest BCUT2D eigenvalue weighted by Gasteiger charge is 2.05. The molecule has 0 fully saturated rings. The van der Waals surface area contributed by atoms with Crippen molar-refractivity contribution in [2.24, 2.45) is 0 Å². The van der Waals surface area contributed by atoms with Crippen molar-refractivity contribution in [2.75, 3.05) is 12.5 Å². The summed E-state index contributed by atoms with van der Waals surface area (Å²) in [6.45, 7) is 0.0682. The molecule has 0 saturated heterocycles. The van der Waals surface area contributed by atoms with Crippen molar-refractivity contribution < 1.29 is 18.6 Å². The summed E-state index contributed by atoms with van der Waals surface area (Å²) in [6.07, 6.45) is 3.19. The third-order valence-corrected chi connectivity index (χ3v) is 4.75. The predicted octanol–water partition coefficient (Wildman–Crippen LogP) is 2.48. The van der Waals surface area contributed by atoms with Gasteiger partial charge in [0.25, 0.3) is 0 Å². The van der Waals surface area contributed by atoms with E-state index < -0.39 is 9.84 Å². The van der Waals surface area contributed by atoms with Crippen LogP contribution in [0.15, 0.2) is 58.3 Å². The van der Waals surface area contributed by atoms with Gasteiger partial charge in [-0.1, -0.05) is 24.3 Å². The molecule has 0 aliphatic rings. The zero-order valence-electron chi connectivity index (χ0n) is 12.6. The summed E-state index contributed by atoms with van der Waals surface area (Å²) < 4.78 is 21.9. The van der Waals surface area contributed by atoms with Crippen LogP contribution >= 0.6 is 11.8 Å². The number of hydrogen-bond donors (Lipinski definition) is 2. The molecule has 120 valence electrons. The van der Waals surface area contributed by atoms with Crippen LogP contribution in [0, 0.1) is 0 Å². The summed E-state index contributed by atoms with van der Waals surface area (Å²) >= 11 is 1.71. The lowest BCUT2D eigenvalue weighted by atomic mass is 10.2. The molecule has 0 saturated carbocycles. The van der Waals surface area contributed by atoms with E-state index in [4.69, 9.17) is 10.2 Å². The maximum atomic E-state index is 11.0. The van der Waals surface area contributed by atoms with Gasteiger partial charge < -0.3 is 10.2 Å². The Kier molecular flexibility index (Phi) is 7.61. The number of thioether (sulfide) groups is 1. The lowest BCUT2D eigenvalue weighted by Gasteiger charge is -1.98. The minimum Gasteiger partial charge on any atom is -0.392 e. The third kappa shape index (κ3) is 6.19. The van der Waals surface area contributed by atoms with Gasteiger partial charge in [0.05, 0.1) is 18.1 Å². The monoisotopic (exact) mass is 340 g/mol. The van der Waals surface area contributed by atoms with Gasteiger partial charge in [-0.15, -0.1) is 11.8 Å². The SMILES string of the molecule is CS(=O)(=O)c1ccc(CO)cc1.CSc1ccc(CO)cc1. The van der Waals surface area contributed by atoms with Crippen LogP contribution < -0.4 is 0 Å². The van der Waals surface area contributed by atoms with Crippen molar-refractivity contribution in [3.05, 3.63) is 59.7 Å². The normalized spacial score (nSPS) is 10.7. The predicted molar refractivity (Wildman–Crippen MR) is 89.6 cm³/mol. The van der Waals surface area contributed by atoms with Crippen LogP contribution in [0.1, 0.15) is 11.1 Å². The molecule has 2 aromatic rings. The molecule has 2 aromatic carbocycles. The number of aliphatic hydroxyl groups excluding tert-OH is 2. The van der Waals surface area contributed by atoms with Gasteiger partial charge in [-0.25, -0.2) is 8.42 Å². The quantitative estimate of drug-likeness (QED) is 0.837. The van der Waals surface area contributed by atoms with Crippen molar-refractivity contribution in [3.63, 3.8) is 0 Å². The summed E-state index contributed by atoms with van der Waals surface area (Å²) in [4.78, 5) is 1.51.